The minimum Gasteiger partial charge on any atom is -0.465 e. The SMILES string of the molecule is COC(=O)c1ccc(-c2nc(-c3ccccc3)c(-c3ccccc3)o2)cc1. The van der Waals surface area contributed by atoms with Gasteiger partial charge < -0.3 is 9.15 Å². The van der Waals surface area contributed by atoms with Gasteiger partial charge in [0.05, 0.1) is 12.7 Å². The predicted octanol–water partition coefficient (Wildman–Crippen LogP) is 5.46. The maximum absolute atomic E-state index is 11.6. The fourth-order valence-corrected chi connectivity index (χ4v) is 2.89. The van der Waals surface area contributed by atoms with Crippen LogP contribution in [0.4, 0.5) is 0 Å². The Morgan fingerprint density at radius 1 is 0.778 bits per heavy atom. The maximum Gasteiger partial charge on any atom is 0.337 e. The van der Waals surface area contributed by atoms with Crippen LogP contribution in [0.1, 0.15) is 10.4 Å². The van der Waals surface area contributed by atoms with Gasteiger partial charge in [-0.3, -0.25) is 0 Å². The normalized spacial score (nSPS) is 10.6. The highest BCUT2D eigenvalue weighted by atomic mass is 16.5. The number of oxazole rings is 1. The first-order valence-electron chi connectivity index (χ1n) is 8.56. The third kappa shape index (κ3) is 3.37. The Balaban J connectivity index is 1.81. The van der Waals surface area contributed by atoms with Gasteiger partial charge in [0.25, 0.3) is 0 Å². The van der Waals surface area contributed by atoms with E-state index in [1.54, 1.807) is 12.1 Å². The summed E-state index contributed by atoms with van der Waals surface area (Å²) in [5.41, 5.74) is 4.01. The van der Waals surface area contributed by atoms with Crippen molar-refractivity contribution in [2.45, 2.75) is 0 Å². The Kier molecular flexibility index (Phi) is 4.54. The summed E-state index contributed by atoms with van der Waals surface area (Å²) >= 11 is 0. The van der Waals surface area contributed by atoms with Gasteiger partial charge in [0.2, 0.25) is 5.89 Å². The van der Waals surface area contributed by atoms with Crippen molar-refractivity contribution in [3.05, 3.63) is 90.5 Å². The van der Waals surface area contributed by atoms with Crippen LogP contribution >= 0.6 is 0 Å². The van der Waals surface area contributed by atoms with Crippen molar-refractivity contribution in [1.29, 1.82) is 0 Å². The highest BCUT2D eigenvalue weighted by Gasteiger charge is 2.18. The molecule has 0 amide bonds. The molecule has 0 fully saturated rings. The van der Waals surface area contributed by atoms with Gasteiger partial charge in [-0.15, -0.1) is 0 Å². The summed E-state index contributed by atoms with van der Waals surface area (Å²) in [5.74, 6) is 0.849. The Hall–Kier alpha value is -3.66. The second kappa shape index (κ2) is 7.30. The van der Waals surface area contributed by atoms with E-state index in [2.05, 4.69) is 0 Å². The standard InChI is InChI=1S/C23H17NO3/c1-26-23(25)19-14-12-18(13-15-19)22-24-20(16-8-4-2-5-9-16)21(27-22)17-10-6-3-7-11-17/h2-15H,1H3. The Morgan fingerprint density at radius 3 is 1.96 bits per heavy atom. The van der Waals surface area contributed by atoms with Gasteiger partial charge in [0.1, 0.15) is 5.69 Å². The monoisotopic (exact) mass is 355 g/mol. The number of esters is 1. The molecule has 27 heavy (non-hydrogen) atoms. The first-order valence-corrected chi connectivity index (χ1v) is 8.56. The zero-order valence-electron chi connectivity index (χ0n) is 14.8. The van der Waals surface area contributed by atoms with Crippen molar-refractivity contribution in [3.8, 4) is 34.0 Å². The summed E-state index contributed by atoms with van der Waals surface area (Å²) in [6.07, 6.45) is 0. The van der Waals surface area contributed by atoms with Crippen LogP contribution in [0.15, 0.2) is 89.3 Å². The smallest absolute Gasteiger partial charge is 0.337 e. The zero-order valence-corrected chi connectivity index (χ0v) is 14.8. The van der Waals surface area contributed by atoms with Gasteiger partial charge in [-0.05, 0) is 24.3 Å². The van der Waals surface area contributed by atoms with Crippen molar-refractivity contribution in [1.82, 2.24) is 4.98 Å². The fraction of sp³-hybridized carbons (Fsp3) is 0.0435. The molecule has 4 nitrogen and oxygen atoms in total. The van der Waals surface area contributed by atoms with Crippen molar-refractivity contribution < 1.29 is 13.9 Å². The summed E-state index contributed by atoms with van der Waals surface area (Å²) in [7, 11) is 1.36. The van der Waals surface area contributed by atoms with E-state index < -0.39 is 0 Å². The number of carbonyl (C=O) groups excluding carboxylic acids is 1. The van der Waals surface area contributed by atoms with Crippen LogP contribution in [0.5, 0.6) is 0 Å². The molecule has 4 rings (SSSR count). The van der Waals surface area contributed by atoms with E-state index in [-0.39, 0.29) is 5.97 Å². The first kappa shape index (κ1) is 16.8. The summed E-state index contributed by atoms with van der Waals surface area (Å²) in [6, 6.07) is 26.9. The van der Waals surface area contributed by atoms with E-state index in [0.717, 1.165) is 22.4 Å². The van der Waals surface area contributed by atoms with Crippen molar-refractivity contribution in [2.24, 2.45) is 0 Å². The molecule has 0 spiro atoms. The topological polar surface area (TPSA) is 52.3 Å². The molecular formula is C23H17NO3. The number of methoxy groups -OCH3 is 1. The molecule has 0 aliphatic heterocycles. The van der Waals surface area contributed by atoms with E-state index in [1.807, 2.05) is 72.8 Å². The van der Waals surface area contributed by atoms with E-state index >= 15 is 0 Å². The molecule has 0 atom stereocenters. The number of hydrogen-bond acceptors (Lipinski definition) is 4. The van der Waals surface area contributed by atoms with Gasteiger partial charge in [-0.1, -0.05) is 60.7 Å². The minimum atomic E-state index is -0.371. The lowest BCUT2D eigenvalue weighted by Gasteiger charge is -2.01. The van der Waals surface area contributed by atoms with Crippen LogP contribution in [0, 0.1) is 0 Å². The molecule has 0 saturated heterocycles. The second-order valence-electron chi connectivity index (χ2n) is 6.00. The van der Waals surface area contributed by atoms with Gasteiger partial charge in [-0.2, -0.15) is 0 Å². The second-order valence-corrected chi connectivity index (χ2v) is 6.00. The van der Waals surface area contributed by atoms with E-state index in [0.29, 0.717) is 17.2 Å². The van der Waals surface area contributed by atoms with Gasteiger partial charge in [0, 0.05) is 16.7 Å². The lowest BCUT2D eigenvalue weighted by Crippen LogP contribution is -2.00. The van der Waals surface area contributed by atoms with Crippen molar-refractivity contribution >= 4 is 5.97 Å². The average Bonchev–Trinajstić information content (AvgIpc) is 3.20. The lowest BCUT2D eigenvalue weighted by atomic mass is 10.1. The molecule has 0 unspecified atom stereocenters. The first-order chi connectivity index (χ1) is 13.3. The number of rotatable bonds is 4. The van der Waals surface area contributed by atoms with Crippen molar-refractivity contribution in [2.75, 3.05) is 7.11 Å². The summed E-state index contributed by atoms with van der Waals surface area (Å²) in [4.78, 5) is 16.4. The van der Waals surface area contributed by atoms with Crippen LogP contribution < -0.4 is 0 Å². The number of carbonyl (C=O) groups is 1. The Labute approximate surface area is 157 Å². The van der Waals surface area contributed by atoms with E-state index in [4.69, 9.17) is 14.1 Å². The highest BCUT2D eigenvalue weighted by Crippen LogP contribution is 2.35. The number of hydrogen-bond donors (Lipinski definition) is 0. The molecule has 1 aromatic heterocycles. The maximum atomic E-state index is 11.6. The molecule has 0 aliphatic rings. The minimum absolute atomic E-state index is 0.371. The summed E-state index contributed by atoms with van der Waals surface area (Å²) in [5, 5.41) is 0. The summed E-state index contributed by atoms with van der Waals surface area (Å²) < 4.78 is 10.9. The average molecular weight is 355 g/mol. The van der Waals surface area contributed by atoms with Gasteiger partial charge in [-0.25, -0.2) is 9.78 Å². The number of aromatic nitrogens is 1. The third-order valence-electron chi connectivity index (χ3n) is 4.26. The predicted molar refractivity (Wildman–Crippen MR) is 104 cm³/mol. The Morgan fingerprint density at radius 2 is 1.37 bits per heavy atom. The van der Waals surface area contributed by atoms with Crippen LogP contribution in [0.25, 0.3) is 34.0 Å². The highest BCUT2D eigenvalue weighted by molar-refractivity contribution is 5.90. The number of ether oxygens (including phenoxy) is 1. The molecule has 0 aliphatic carbocycles. The molecule has 0 N–H and O–H groups in total. The molecule has 1 heterocycles. The number of nitrogens with zero attached hydrogens (tertiary/aromatic N) is 1. The molecular weight excluding hydrogens is 338 g/mol. The molecule has 3 aromatic carbocycles. The number of benzene rings is 3. The molecule has 0 bridgehead atoms. The Bertz CT molecular complexity index is 995. The van der Waals surface area contributed by atoms with Crippen LogP contribution in [0.3, 0.4) is 0 Å². The van der Waals surface area contributed by atoms with Gasteiger partial charge >= 0.3 is 5.97 Å². The third-order valence-corrected chi connectivity index (χ3v) is 4.26. The van der Waals surface area contributed by atoms with Crippen LogP contribution in [-0.4, -0.2) is 18.1 Å². The lowest BCUT2D eigenvalue weighted by molar-refractivity contribution is 0.0600. The molecule has 4 aromatic rings. The molecule has 0 saturated carbocycles. The van der Waals surface area contributed by atoms with E-state index in [9.17, 15) is 4.79 Å². The van der Waals surface area contributed by atoms with Gasteiger partial charge in [0.15, 0.2) is 5.76 Å². The quantitative estimate of drug-likeness (QED) is 0.456. The fourth-order valence-electron chi connectivity index (χ4n) is 2.89. The summed E-state index contributed by atoms with van der Waals surface area (Å²) in [6.45, 7) is 0. The van der Waals surface area contributed by atoms with Crippen LogP contribution in [-0.2, 0) is 4.74 Å². The van der Waals surface area contributed by atoms with Crippen LogP contribution in [0.2, 0.25) is 0 Å². The molecule has 0 radical (unpaired) electrons. The van der Waals surface area contributed by atoms with Crippen molar-refractivity contribution in [3.63, 3.8) is 0 Å². The molecule has 132 valence electrons. The largest absolute Gasteiger partial charge is 0.465 e. The zero-order chi connectivity index (χ0) is 18.6. The molecule has 4 heteroatoms. The van der Waals surface area contributed by atoms with E-state index in [1.165, 1.54) is 7.11 Å².